The summed E-state index contributed by atoms with van der Waals surface area (Å²) in [7, 11) is 0. The Labute approximate surface area is 152 Å². The minimum atomic E-state index is -0.496. The molecule has 1 aromatic carbocycles. The number of benzene rings is 1. The first-order valence-electron chi connectivity index (χ1n) is 8.20. The first-order chi connectivity index (χ1) is 12.1. The van der Waals surface area contributed by atoms with Crippen LogP contribution in [-0.2, 0) is 16.0 Å². The van der Waals surface area contributed by atoms with Crippen LogP contribution in [0.3, 0.4) is 0 Å². The van der Waals surface area contributed by atoms with E-state index in [1.54, 1.807) is 6.08 Å². The van der Waals surface area contributed by atoms with E-state index in [4.69, 9.17) is 0 Å². The van der Waals surface area contributed by atoms with Crippen molar-refractivity contribution >= 4 is 29.3 Å². The van der Waals surface area contributed by atoms with E-state index in [-0.39, 0.29) is 23.3 Å². The number of nitrogens with one attached hydrogen (secondary N) is 1. The number of thioether (sulfide) groups is 1. The van der Waals surface area contributed by atoms with Gasteiger partial charge in [-0.2, -0.15) is 5.26 Å². The second kappa shape index (κ2) is 8.54. The van der Waals surface area contributed by atoms with Gasteiger partial charge in [-0.3, -0.25) is 14.5 Å². The van der Waals surface area contributed by atoms with Crippen molar-refractivity contribution in [2.45, 2.75) is 31.9 Å². The first-order valence-corrected chi connectivity index (χ1v) is 9.08. The molecule has 6 heteroatoms. The molecular formula is C19H21N3O2S. The molecular weight excluding hydrogens is 334 g/mol. The van der Waals surface area contributed by atoms with Gasteiger partial charge in [-0.15, -0.1) is 6.58 Å². The van der Waals surface area contributed by atoms with Gasteiger partial charge in [-0.25, -0.2) is 0 Å². The highest BCUT2D eigenvalue weighted by Gasteiger charge is 2.39. The molecule has 0 radical (unpaired) electrons. The normalized spacial score (nSPS) is 18.7. The molecule has 2 amide bonds. The Morgan fingerprint density at radius 2 is 2.08 bits per heavy atom. The van der Waals surface area contributed by atoms with Crippen LogP contribution in [0.15, 0.2) is 47.5 Å². The SMILES string of the molecule is C=CCNC(=O)/C(C#N)=C1\SC(CC)C(=O)N1c1ccc(CC)cc1. The molecule has 2 rings (SSSR count). The summed E-state index contributed by atoms with van der Waals surface area (Å²) in [5.74, 6) is -0.597. The third-order valence-electron chi connectivity index (χ3n) is 3.89. The molecule has 1 aliphatic heterocycles. The van der Waals surface area contributed by atoms with Gasteiger partial charge in [0.05, 0.1) is 5.25 Å². The topological polar surface area (TPSA) is 73.2 Å². The second-order valence-corrected chi connectivity index (χ2v) is 6.69. The van der Waals surface area contributed by atoms with E-state index in [0.29, 0.717) is 17.1 Å². The fourth-order valence-electron chi connectivity index (χ4n) is 2.48. The molecule has 0 aliphatic carbocycles. The Kier molecular flexibility index (Phi) is 6.43. The predicted octanol–water partition coefficient (Wildman–Crippen LogP) is 3.14. The summed E-state index contributed by atoms with van der Waals surface area (Å²) in [5.41, 5.74) is 1.78. The van der Waals surface area contributed by atoms with Crippen LogP contribution in [0.2, 0.25) is 0 Å². The maximum absolute atomic E-state index is 12.8. The lowest BCUT2D eigenvalue weighted by molar-refractivity contribution is -0.117. The zero-order chi connectivity index (χ0) is 18.4. The van der Waals surface area contributed by atoms with Gasteiger partial charge < -0.3 is 5.32 Å². The van der Waals surface area contributed by atoms with E-state index in [1.165, 1.54) is 16.7 Å². The highest BCUT2D eigenvalue weighted by molar-refractivity contribution is 8.05. The number of hydrogen-bond donors (Lipinski definition) is 1. The van der Waals surface area contributed by atoms with Crippen LogP contribution in [0, 0.1) is 11.3 Å². The number of nitriles is 1. The quantitative estimate of drug-likeness (QED) is 0.483. The molecule has 1 atom stereocenters. The Hall–Kier alpha value is -2.52. The molecule has 1 aliphatic rings. The van der Waals surface area contributed by atoms with Gasteiger partial charge in [0.15, 0.2) is 0 Å². The van der Waals surface area contributed by atoms with Gasteiger partial charge in [0.2, 0.25) is 5.91 Å². The summed E-state index contributed by atoms with van der Waals surface area (Å²) < 4.78 is 0. The number of carbonyl (C=O) groups is 2. The highest BCUT2D eigenvalue weighted by Crippen LogP contribution is 2.41. The zero-order valence-corrected chi connectivity index (χ0v) is 15.2. The Morgan fingerprint density at radius 3 is 2.60 bits per heavy atom. The summed E-state index contributed by atoms with van der Waals surface area (Å²) in [5, 5.41) is 12.2. The van der Waals surface area contributed by atoms with Crippen LogP contribution in [0.4, 0.5) is 5.69 Å². The zero-order valence-electron chi connectivity index (χ0n) is 14.4. The third-order valence-corrected chi connectivity index (χ3v) is 5.32. The number of nitrogens with zero attached hydrogens (tertiary/aromatic N) is 2. The largest absolute Gasteiger partial charge is 0.348 e. The molecule has 1 aromatic rings. The maximum atomic E-state index is 12.8. The summed E-state index contributed by atoms with van der Waals surface area (Å²) in [6, 6.07) is 9.57. The highest BCUT2D eigenvalue weighted by atomic mass is 32.2. The van der Waals surface area contributed by atoms with Crippen molar-refractivity contribution in [1.29, 1.82) is 5.26 Å². The van der Waals surface area contributed by atoms with Crippen LogP contribution in [0.1, 0.15) is 25.8 Å². The summed E-state index contributed by atoms with van der Waals surface area (Å²) in [6.45, 7) is 7.79. The van der Waals surface area contributed by atoms with E-state index >= 15 is 0 Å². The average Bonchev–Trinajstić information content (AvgIpc) is 2.96. The van der Waals surface area contributed by atoms with Crippen molar-refractivity contribution < 1.29 is 9.59 Å². The van der Waals surface area contributed by atoms with Gasteiger partial charge in [-0.05, 0) is 30.5 Å². The summed E-state index contributed by atoms with van der Waals surface area (Å²) >= 11 is 1.27. The van der Waals surface area contributed by atoms with Crippen molar-refractivity contribution in [3.05, 3.63) is 53.1 Å². The Bertz CT molecular complexity index is 747. The molecule has 1 saturated heterocycles. The van der Waals surface area contributed by atoms with Gasteiger partial charge >= 0.3 is 0 Å². The van der Waals surface area contributed by atoms with E-state index in [9.17, 15) is 14.9 Å². The molecule has 0 saturated carbocycles. The van der Waals surface area contributed by atoms with Crippen molar-refractivity contribution in [2.24, 2.45) is 0 Å². The summed E-state index contributed by atoms with van der Waals surface area (Å²) in [6.07, 6.45) is 3.07. The number of aryl methyl sites for hydroxylation is 1. The molecule has 0 spiro atoms. The first kappa shape index (κ1) is 18.8. The lowest BCUT2D eigenvalue weighted by Gasteiger charge is -2.19. The number of rotatable bonds is 6. The molecule has 130 valence electrons. The lowest BCUT2D eigenvalue weighted by Crippen LogP contribution is -2.31. The standard InChI is InChI=1S/C19H21N3O2S/c1-4-11-21-17(23)15(12-20)19-22(18(24)16(6-3)25-19)14-9-7-13(5-2)8-10-14/h4,7-10,16H,1,5-6,11H2,2-3H3,(H,21,23)/b19-15-. The van der Waals surface area contributed by atoms with Crippen LogP contribution in [0.25, 0.3) is 0 Å². The second-order valence-electron chi connectivity index (χ2n) is 5.50. The molecule has 0 bridgehead atoms. The van der Waals surface area contributed by atoms with Crippen molar-refractivity contribution in [3.63, 3.8) is 0 Å². The number of anilines is 1. The van der Waals surface area contributed by atoms with Crippen LogP contribution in [-0.4, -0.2) is 23.6 Å². The Balaban J connectivity index is 2.49. The number of carbonyl (C=O) groups excluding carboxylic acids is 2. The molecule has 25 heavy (non-hydrogen) atoms. The fourth-order valence-corrected chi connectivity index (χ4v) is 3.68. The molecule has 5 nitrogen and oxygen atoms in total. The van der Waals surface area contributed by atoms with Crippen LogP contribution >= 0.6 is 11.8 Å². The molecule has 1 heterocycles. The fraction of sp³-hybridized carbons (Fsp3) is 0.316. The molecule has 1 unspecified atom stereocenters. The van der Waals surface area contributed by atoms with Crippen molar-refractivity contribution in [1.82, 2.24) is 5.32 Å². The van der Waals surface area contributed by atoms with Gasteiger partial charge in [0.1, 0.15) is 16.7 Å². The lowest BCUT2D eigenvalue weighted by atomic mass is 10.1. The monoisotopic (exact) mass is 355 g/mol. The van der Waals surface area contributed by atoms with E-state index in [2.05, 4.69) is 18.8 Å². The van der Waals surface area contributed by atoms with Gasteiger partial charge in [-0.1, -0.05) is 43.8 Å². The van der Waals surface area contributed by atoms with Crippen molar-refractivity contribution in [3.8, 4) is 6.07 Å². The average molecular weight is 355 g/mol. The predicted molar refractivity (Wildman–Crippen MR) is 101 cm³/mol. The minimum Gasteiger partial charge on any atom is -0.348 e. The third kappa shape index (κ3) is 3.94. The van der Waals surface area contributed by atoms with E-state index in [0.717, 1.165) is 12.0 Å². The van der Waals surface area contributed by atoms with Crippen molar-refractivity contribution in [2.75, 3.05) is 11.4 Å². The van der Waals surface area contributed by atoms with Crippen LogP contribution in [0.5, 0.6) is 0 Å². The van der Waals surface area contributed by atoms with E-state index < -0.39 is 5.91 Å². The number of hydrogen-bond acceptors (Lipinski definition) is 4. The van der Waals surface area contributed by atoms with E-state index in [1.807, 2.05) is 37.3 Å². The minimum absolute atomic E-state index is 0.0456. The van der Waals surface area contributed by atoms with Gasteiger partial charge in [0, 0.05) is 12.2 Å². The van der Waals surface area contributed by atoms with Crippen LogP contribution < -0.4 is 10.2 Å². The molecule has 1 N–H and O–H groups in total. The maximum Gasteiger partial charge on any atom is 0.264 e. The van der Waals surface area contributed by atoms with Gasteiger partial charge in [0.25, 0.3) is 5.91 Å². The smallest absolute Gasteiger partial charge is 0.264 e. The molecule has 1 fully saturated rings. The molecule has 0 aromatic heterocycles. The summed E-state index contributed by atoms with van der Waals surface area (Å²) in [4.78, 5) is 26.6. The Morgan fingerprint density at radius 1 is 1.40 bits per heavy atom. The number of amides is 2.